The number of imidazole rings is 1. The summed E-state index contributed by atoms with van der Waals surface area (Å²) in [5, 5.41) is 3.07. The fourth-order valence-electron chi connectivity index (χ4n) is 2.92. The third kappa shape index (κ3) is 2.73. The van der Waals surface area contributed by atoms with Crippen LogP contribution in [0.5, 0.6) is 0 Å². The first-order valence-corrected chi connectivity index (χ1v) is 8.05. The second kappa shape index (κ2) is 5.51. The van der Waals surface area contributed by atoms with Crippen molar-refractivity contribution in [3.63, 3.8) is 0 Å². The van der Waals surface area contributed by atoms with Crippen LogP contribution in [0.4, 0.5) is 10.7 Å². The number of H-pyrrole nitrogens is 1. The summed E-state index contributed by atoms with van der Waals surface area (Å²) in [6, 6.07) is 8.58. The molecular weight excluding hydrogens is 278 g/mol. The van der Waals surface area contributed by atoms with Gasteiger partial charge in [0.05, 0.1) is 11.0 Å². The van der Waals surface area contributed by atoms with Crippen molar-refractivity contribution in [1.29, 1.82) is 0 Å². The molecule has 2 N–H and O–H groups in total. The summed E-state index contributed by atoms with van der Waals surface area (Å²) in [4.78, 5) is 24.4. The molecule has 1 aliphatic heterocycles. The zero-order valence-electron chi connectivity index (χ0n) is 12.6. The van der Waals surface area contributed by atoms with E-state index in [-0.39, 0.29) is 6.03 Å². The van der Waals surface area contributed by atoms with Crippen LogP contribution >= 0.6 is 0 Å². The number of para-hydroxylation sites is 2. The predicted molar refractivity (Wildman–Crippen MR) is 86.1 cm³/mol. The largest absolute Gasteiger partial charge is 0.341 e. The van der Waals surface area contributed by atoms with Crippen LogP contribution in [0.2, 0.25) is 0 Å². The van der Waals surface area contributed by atoms with E-state index in [1.807, 2.05) is 29.2 Å². The first-order valence-electron chi connectivity index (χ1n) is 8.05. The number of rotatable bonds is 2. The van der Waals surface area contributed by atoms with E-state index >= 15 is 0 Å². The van der Waals surface area contributed by atoms with Crippen molar-refractivity contribution >= 4 is 23.0 Å². The van der Waals surface area contributed by atoms with Gasteiger partial charge < -0.3 is 20.1 Å². The van der Waals surface area contributed by atoms with Gasteiger partial charge in [0, 0.05) is 32.2 Å². The van der Waals surface area contributed by atoms with Crippen molar-refractivity contribution < 1.29 is 4.79 Å². The van der Waals surface area contributed by atoms with E-state index in [1.165, 1.54) is 0 Å². The number of carbonyl (C=O) groups is 1. The lowest BCUT2D eigenvalue weighted by atomic mass is 10.3. The van der Waals surface area contributed by atoms with Gasteiger partial charge in [0.2, 0.25) is 5.95 Å². The SMILES string of the molecule is O=C(NC1CC1)N1CCCN(c2nc3ccccc3[nH]2)CC1. The van der Waals surface area contributed by atoms with E-state index in [1.54, 1.807) is 0 Å². The summed E-state index contributed by atoms with van der Waals surface area (Å²) in [7, 11) is 0. The molecule has 0 atom stereocenters. The number of hydrogen-bond donors (Lipinski definition) is 2. The Morgan fingerprint density at radius 3 is 2.86 bits per heavy atom. The van der Waals surface area contributed by atoms with Crippen LogP contribution in [0.1, 0.15) is 19.3 Å². The molecule has 0 spiro atoms. The van der Waals surface area contributed by atoms with Gasteiger partial charge in [-0.05, 0) is 31.4 Å². The molecule has 0 unspecified atom stereocenters. The lowest BCUT2D eigenvalue weighted by Crippen LogP contribution is -2.43. The zero-order valence-corrected chi connectivity index (χ0v) is 12.6. The number of carbonyl (C=O) groups excluding carboxylic acids is 1. The normalized spacial score (nSPS) is 19.3. The standard InChI is InChI=1S/C16H21N5O/c22-16(17-12-6-7-12)21-9-3-8-20(10-11-21)15-18-13-4-1-2-5-14(13)19-15/h1-2,4-5,12H,3,6-11H2,(H,17,22)(H,18,19). The van der Waals surface area contributed by atoms with Gasteiger partial charge in [0.25, 0.3) is 0 Å². The summed E-state index contributed by atoms with van der Waals surface area (Å²) in [5.41, 5.74) is 2.05. The maximum atomic E-state index is 12.2. The van der Waals surface area contributed by atoms with Crippen LogP contribution < -0.4 is 10.2 Å². The van der Waals surface area contributed by atoms with Crippen molar-refractivity contribution in [2.24, 2.45) is 0 Å². The van der Waals surface area contributed by atoms with Crippen molar-refractivity contribution in [2.45, 2.75) is 25.3 Å². The van der Waals surface area contributed by atoms with Gasteiger partial charge in [-0.1, -0.05) is 12.1 Å². The molecule has 6 nitrogen and oxygen atoms in total. The molecule has 2 fully saturated rings. The van der Waals surface area contributed by atoms with Crippen molar-refractivity contribution in [2.75, 3.05) is 31.1 Å². The van der Waals surface area contributed by atoms with Gasteiger partial charge in [-0.15, -0.1) is 0 Å². The van der Waals surface area contributed by atoms with Crippen LogP contribution in [0.25, 0.3) is 11.0 Å². The maximum Gasteiger partial charge on any atom is 0.317 e. The van der Waals surface area contributed by atoms with Gasteiger partial charge in [0.15, 0.2) is 0 Å². The molecule has 0 radical (unpaired) electrons. The topological polar surface area (TPSA) is 64.3 Å². The number of urea groups is 1. The average Bonchev–Trinajstić information content (AvgIpc) is 3.28. The molecule has 2 aliphatic rings. The van der Waals surface area contributed by atoms with E-state index in [2.05, 4.69) is 20.2 Å². The molecule has 1 saturated carbocycles. The molecule has 4 rings (SSSR count). The van der Waals surface area contributed by atoms with Crippen LogP contribution in [0.3, 0.4) is 0 Å². The summed E-state index contributed by atoms with van der Waals surface area (Å²) in [6.07, 6.45) is 3.23. The van der Waals surface area contributed by atoms with Crippen LogP contribution in [-0.2, 0) is 0 Å². The van der Waals surface area contributed by atoms with E-state index in [4.69, 9.17) is 0 Å². The molecule has 2 amide bonds. The molecular formula is C16H21N5O. The Bertz CT molecular complexity index is 645. The number of anilines is 1. The highest BCUT2D eigenvalue weighted by molar-refractivity contribution is 5.77. The fourth-order valence-corrected chi connectivity index (χ4v) is 2.92. The lowest BCUT2D eigenvalue weighted by molar-refractivity contribution is 0.201. The second-order valence-electron chi connectivity index (χ2n) is 6.13. The third-order valence-electron chi connectivity index (χ3n) is 4.36. The average molecular weight is 299 g/mol. The summed E-state index contributed by atoms with van der Waals surface area (Å²) >= 11 is 0. The van der Waals surface area contributed by atoms with Gasteiger partial charge >= 0.3 is 6.03 Å². The Balaban J connectivity index is 1.44. The van der Waals surface area contributed by atoms with E-state index in [9.17, 15) is 4.79 Å². The number of fused-ring (bicyclic) bond motifs is 1. The smallest absolute Gasteiger partial charge is 0.317 e. The van der Waals surface area contributed by atoms with Crippen LogP contribution in [-0.4, -0.2) is 53.1 Å². The van der Waals surface area contributed by atoms with Crippen molar-refractivity contribution in [3.05, 3.63) is 24.3 Å². The molecule has 1 aromatic carbocycles. The van der Waals surface area contributed by atoms with E-state index in [0.717, 1.165) is 62.4 Å². The van der Waals surface area contributed by atoms with E-state index < -0.39 is 0 Å². The van der Waals surface area contributed by atoms with Gasteiger partial charge in [-0.25, -0.2) is 9.78 Å². The molecule has 2 heterocycles. The Kier molecular flexibility index (Phi) is 3.36. The minimum absolute atomic E-state index is 0.0916. The lowest BCUT2D eigenvalue weighted by Gasteiger charge is -2.22. The van der Waals surface area contributed by atoms with E-state index in [0.29, 0.717) is 6.04 Å². The number of nitrogens with one attached hydrogen (secondary N) is 2. The molecule has 2 aromatic rings. The fraction of sp³-hybridized carbons (Fsp3) is 0.500. The van der Waals surface area contributed by atoms with Gasteiger partial charge in [-0.2, -0.15) is 0 Å². The first kappa shape index (κ1) is 13.4. The Morgan fingerprint density at radius 2 is 2.05 bits per heavy atom. The monoisotopic (exact) mass is 299 g/mol. The molecule has 0 bridgehead atoms. The predicted octanol–water partition coefficient (Wildman–Crippen LogP) is 1.95. The van der Waals surface area contributed by atoms with Crippen molar-refractivity contribution in [3.8, 4) is 0 Å². The van der Waals surface area contributed by atoms with Gasteiger partial charge in [0.1, 0.15) is 0 Å². The maximum absolute atomic E-state index is 12.2. The highest BCUT2D eigenvalue weighted by Gasteiger charge is 2.27. The number of aromatic nitrogens is 2. The Morgan fingerprint density at radius 1 is 1.18 bits per heavy atom. The number of benzene rings is 1. The van der Waals surface area contributed by atoms with Crippen LogP contribution in [0.15, 0.2) is 24.3 Å². The summed E-state index contributed by atoms with van der Waals surface area (Å²) in [6.45, 7) is 3.30. The minimum Gasteiger partial charge on any atom is -0.341 e. The zero-order chi connectivity index (χ0) is 14.9. The van der Waals surface area contributed by atoms with Crippen molar-refractivity contribution in [1.82, 2.24) is 20.2 Å². The molecule has 1 saturated heterocycles. The molecule has 1 aliphatic carbocycles. The highest BCUT2D eigenvalue weighted by Crippen LogP contribution is 2.20. The molecule has 22 heavy (non-hydrogen) atoms. The highest BCUT2D eigenvalue weighted by atomic mass is 16.2. The minimum atomic E-state index is 0.0916. The van der Waals surface area contributed by atoms with Gasteiger partial charge in [-0.3, -0.25) is 0 Å². The Hall–Kier alpha value is -2.24. The summed E-state index contributed by atoms with van der Waals surface area (Å²) in [5.74, 6) is 0.908. The number of nitrogens with zero attached hydrogens (tertiary/aromatic N) is 3. The summed E-state index contributed by atoms with van der Waals surface area (Å²) < 4.78 is 0. The number of hydrogen-bond acceptors (Lipinski definition) is 3. The second-order valence-corrected chi connectivity index (χ2v) is 6.13. The number of amides is 2. The molecule has 116 valence electrons. The van der Waals surface area contributed by atoms with Crippen LogP contribution in [0, 0.1) is 0 Å². The first-order chi connectivity index (χ1) is 10.8. The molecule has 6 heteroatoms. The third-order valence-corrected chi connectivity index (χ3v) is 4.36. The molecule has 1 aromatic heterocycles. The Labute approximate surface area is 129 Å². The number of aromatic amines is 1. The quantitative estimate of drug-likeness (QED) is 0.891.